The molecule has 0 bridgehead atoms. The van der Waals surface area contributed by atoms with E-state index in [0.717, 1.165) is 54.2 Å². The van der Waals surface area contributed by atoms with E-state index in [1.807, 2.05) is 65.0 Å². The standard InChI is InChI=1S/C27H31N5O3/c1-6-16-31(17-7-2)27(33)21-8-12-22(13-9-21)32-25(20-10-14-23(34-5)15-11-20)18(3)24(30-32)26-29-28-19(4)35-26/h8-15H,6-7,16-17H2,1-5H3. The molecule has 0 saturated carbocycles. The van der Waals surface area contributed by atoms with Crippen LogP contribution in [0.4, 0.5) is 0 Å². The Labute approximate surface area is 205 Å². The van der Waals surface area contributed by atoms with Gasteiger partial charge in [0, 0.05) is 36.7 Å². The summed E-state index contributed by atoms with van der Waals surface area (Å²) >= 11 is 0. The lowest BCUT2D eigenvalue weighted by molar-refractivity contribution is 0.0755. The molecule has 0 aliphatic heterocycles. The Bertz CT molecular complexity index is 1280. The number of hydrogen-bond acceptors (Lipinski definition) is 6. The smallest absolute Gasteiger partial charge is 0.268 e. The molecule has 2 aromatic heterocycles. The monoisotopic (exact) mass is 473 g/mol. The van der Waals surface area contributed by atoms with Gasteiger partial charge in [0.05, 0.1) is 18.5 Å². The van der Waals surface area contributed by atoms with Gasteiger partial charge in [-0.3, -0.25) is 4.79 Å². The summed E-state index contributed by atoms with van der Waals surface area (Å²) in [6, 6.07) is 15.4. The third kappa shape index (κ3) is 4.96. The number of carbonyl (C=O) groups excluding carboxylic acids is 1. The molecule has 0 unspecified atom stereocenters. The van der Waals surface area contributed by atoms with E-state index in [9.17, 15) is 4.79 Å². The summed E-state index contributed by atoms with van der Waals surface area (Å²) in [5.41, 5.74) is 4.89. The van der Waals surface area contributed by atoms with E-state index in [0.29, 0.717) is 23.0 Å². The fourth-order valence-corrected chi connectivity index (χ4v) is 4.15. The van der Waals surface area contributed by atoms with Gasteiger partial charge in [0.15, 0.2) is 5.69 Å². The summed E-state index contributed by atoms with van der Waals surface area (Å²) in [5, 5.41) is 13.0. The number of benzene rings is 2. The van der Waals surface area contributed by atoms with Crippen molar-refractivity contribution in [2.24, 2.45) is 0 Å². The van der Waals surface area contributed by atoms with Crippen LogP contribution in [0.5, 0.6) is 5.75 Å². The van der Waals surface area contributed by atoms with Crippen molar-refractivity contribution >= 4 is 5.91 Å². The number of methoxy groups -OCH3 is 1. The molecule has 0 spiro atoms. The number of amides is 1. The number of hydrogen-bond donors (Lipinski definition) is 0. The zero-order chi connectivity index (χ0) is 24.9. The molecule has 4 rings (SSSR count). The molecule has 1 amide bonds. The summed E-state index contributed by atoms with van der Waals surface area (Å²) in [7, 11) is 1.64. The summed E-state index contributed by atoms with van der Waals surface area (Å²) in [6.45, 7) is 9.42. The van der Waals surface area contributed by atoms with Gasteiger partial charge < -0.3 is 14.1 Å². The van der Waals surface area contributed by atoms with Crippen molar-refractivity contribution in [3.8, 4) is 34.3 Å². The molecule has 2 heterocycles. The lowest BCUT2D eigenvalue weighted by Gasteiger charge is -2.21. The van der Waals surface area contributed by atoms with Crippen molar-refractivity contribution in [3.05, 3.63) is 65.5 Å². The molecular weight excluding hydrogens is 442 g/mol. The normalized spacial score (nSPS) is 11.0. The second-order valence-electron chi connectivity index (χ2n) is 8.43. The molecule has 2 aromatic carbocycles. The molecule has 182 valence electrons. The molecule has 0 aliphatic rings. The predicted molar refractivity (Wildman–Crippen MR) is 135 cm³/mol. The summed E-state index contributed by atoms with van der Waals surface area (Å²) in [4.78, 5) is 14.9. The fourth-order valence-electron chi connectivity index (χ4n) is 4.15. The zero-order valence-electron chi connectivity index (χ0n) is 20.9. The van der Waals surface area contributed by atoms with Crippen LogP contribution in [0.3, 0.4) is 0 Å². The first-order valence-corrected chi connectivity index (χ1v) is 11.9. The van der Waals surface area contributed by atoms with E-state index in [-0.39, 0.29) is 5.91 Å². The van der Waals surface area contributed by atoms with Gasteiger partial charge in [-0.25, -0.2) is 4.68 Å². The molecule has 0 saturated heterocycles. The molecule has 0 radical (unpaired) electrons. The lowest BCUT2D eigenvalue weighted by atomic mass is 10.1. The van der Waals surface area contributed by atoms with Gasteiger partial charge in [-0.2, -0.15) is 5.10 Å². The van der Waals surface area contributed by atoms with Gasteiger partial charge in [0.2, 0.25) is 5.89 Å². The number of aromatic nitrogens is 4. The van der Waals surface area contributed by atoms with Crippen LogP contribution >= 0.6 is 0 Å². The summed E-state index contributed by atoms with van der Waals surface area (Å²) < 4.78 is 12.9. The highest BCUT2D eigenvalue weighted by molar-refractivity contribution is 5.94. The molecule has 4 aromatic rings. The molecule has 0 aliphatic carbocycles. The van der Waals surface area contributed by atoms with Crippen molar-refractivity contribution in [2.45, 2.75) is 40.5 Å². The molecule has 0 atom stereocenters. The predicted octanol–water partition coefficient (Wildman–Crippen LogP) is 5.48. The maximum absolute atomic E-state index is 13.0. The zero-order valence-corrected chi connectivity index (χ0v) is 20.9. The van der Waals surface area contributed by atoms with E-state index in [2.05, 4.69) is 24.0 Å². The maximum atomic E-state index is 13.0. The van der Waals surface area contributed by atoms with Crippen molar-refractivity contribution in [1.29, 1.82) is 0 Å². The summed E-state index contributed by atoms with van der Waals surface area (Å²) in [6.07, 6.45) is 1.86. The lowest BCUT2D eigenvalue weighted by Crippen LogP contribution is -2.32. The third-order valence-corrected chi connectivity index (χ3v) is 5.85. The molecule has 8 heteroatoms. The van der Waals surface area contributed by atoms with E-state index in [4.69, 9.17) is 14.3 Å². The Hall–Kier alpha value is -3.94. The van der Waals surface area contributed by atoms with Crippen LogP contribution in [0, 0.1) is 13.8 Å². The second-order valence-corrected chi connectivity index (χ2v) is 8.43. The molecule has 0 fully saturated rings. The average molecular weight is 474 g/mol. The quantitative estimate of drug-likeness (QED) is 0.320. The van der Waals surface area contributed by atoms with E-state index in [1.165, 1.54) is 0 Å². The van der Waals surface area contributed by atoms with Gasteiger partial charge in [-0.05, 0) is 68.3 Å². The van der Waals surface area contributed by atoms with Gasteiger partial charge in [0.25, 0.3) is 11.8 Å². The molecule has 8 nitrogen and oxygen atoms in total. The van der Waals surface area contributed by atoms with Crippen LogP contribution in [0.15, 0.2) is 52.9 Å². The van der Waals surface area contributed by atoms with Gasteiger partial charge in [-0.15, -0.1) is 10.2 Å². The maximum Gasteiger partial charge on any atom is 0.268 e. The van der Waals surface area contributed by atoms with E-state index in [1.54, 1.807) is 14.0 Å². The van der Waals surface area contributed by atoms with E-state index >= 15 is 0 Å². The Morgan fingerprint density at radius 1 is 0.971 bits per heavy atom. The highest BCUT2D eigenvalue weighted by atomic mass is 16.5. The second kappa shape index (κ2) is 10.5. The Morgan fingerprint density at radius 3 is 2.17 bits per heavy atom. The van der Waals surface area contributed by atoms with Crippen LogP contribution in [0.2, 0.25) is 0 Å². The first-order valence-electron chi connectivity index (χ1n) is 11.9. The number of ether oxygens (including phenoxy) is 1. The molecule has 0 N–H and O–H groups in total. The van der Waals surface area contributed by atoms with Gasteiger partial charge in [0.1, 0.15) is 5.75 Å². The Kier molecular flexibility index (Phi) is 7.29. The number of carbonyl (C=O) groups is 1. The van der Waals surface area contributed by atoms with Crippen molar-refractivity contribution in [3.63, 3.8) is 0 Å². The van der Waals surface area contributed by atoms with Crippen LogP contribution in [0.1, 0.15) is 48.5 Å². The van der Waals surface area contributed by atoms with Crippen LogP contribution in [-0.2, 0) is 0 Å². The first kappa shape index (κ1) is 24.2. The Balaban J connectivity index is 1.77. The third-order valence-electron chi connectivity index (χ3n) is 5.85. The SMILES string of the molecule is CCCN(CCC)C(=O)c1ccc(-n2nc(-c3nnc(C)o3)c(C)c2-c2ccc(OC)cc2)cc1. The highest BCUT2D eigenvalue weighted by Gasteiger charge is 2.22. The minimum absolute atomic E-state index is 0.0503. The topological polar surface area (TPSA) is 86.3 Å². The van der Waals surface area contributed by atoms with Crippen molar-refractivity contribution in [1.82, 2.24) is 24.9 Å². The average Bonchev–Trinajstić information content (AvgIpc) is 3.46. The minimum Gasteiger partial charge on any atom is -0.497 e. The first-order chi connectivity index (χ1) is 17.0. The van der Waals surface area contributed by atoms with Crippen LogP contribution in [-0.4, -0.2) is 51.0 Å². The Morgan fingerprint density at radius 2 is 1.63 bits per heavy atom. The number of rotatable bonds is 9. The van der Waals surface area contributed by atoms with Crippen LogP contribution in [0.25, 0.3) is 28.5 Å². The highest BCUT2D eigenvalue weighted by Crippen LogP contribution is 2.34. The largest absolute Gasteiger partial charge is 0.497 e. The van der Waals surface area contributed by atoms with Crippen LogP contribution < -0.4 is 4.74 Å². The number of aryl methyl sites for hydroxylation is 1. The van der Waals surface area contributed by atoms with Crippen molar-refractivity contribution < 1.29 is 13.9 Å². The molecule has 35 heavy (non-hydrogen) atoms. The van der Waals surface area contributed by atoms with Gasteiger partial charge >= 0.3 is 0 Å². The van der Waals surface area contributed by atoms with E-state index < -0.39 is 0 Å². The fraction of sp³-hybridized carbons (Fsp3) is 0.333. The minimum atomic E-state index is 0.0503. The number of nitrogens with zero attached hydrogens (tertiary/aromatic N) is 5. The summed E-state index contributed by atoms with van der Waals surface area (Å²) in [5.74, 6) is 1.67. The van der Waals surface area contributed by atoms with Gasteiger partial charge in [-0.1, -0.05) is 13.8 Å². The van der Waals surface area contributed by atoms with Crippen molar-refractivity contribution in [2.75, 3.05) is 20.2 Å². The molecular formula is C27H31N5O3.